The third-order valence-corrected chi connectivity index (χ3v) is 3.26. The van der Waals surface area contributed by atoms with Crippen LogP contribution in [0.15, 0.2) is 59.3 Å². The number of hydrogen-bond donors (Lipinski definition) is 0. The van der Waals surface area contributed by atoms with Crippen LogP contribution >= 0.6 is 15.9 Å². The summed E-state index contributed by atoms with van der Waals surface area (Å²) in [6.07, 6.45) is 3.64. The van der Waals surface area contributed by atoms with Gasteiger partial charge in [0.25, 0.3) is 0 Å². The summed E-state index contributed by atoms with van der Waals surface area (Å²) in [6.45, 7) is 0. The van der Waals surface area contributed by atoms with Crippen LogP contribution in [-0.2, 0) is 0 Å². The molecule has 3 aromatic rings. The average molecular weight is 285 g/mol. The van der Waals surface area contributed by atoms with Crippen molar-refractivity contribution in [2.24, 2.45) is 0 Å². The van der Waals surface area contributed by atoms with Crippen molar-refractivity contribution in [1.29, 1.82) is 0 Å². The number of para-hydroxylation sites is 1. The summed E-state index contributed by atoms with van der Waals surface area (Å²) in [7, 11) is 0. The summed E-state index contributed by atoms with van der Waals surface area (Å²) in [4.78, 5) is 8.81. The number of nitrogens with zero attached hydrogens (tertiary/aromatic N) is 2. The maximum Gasteiger partial charge on any atom is 0.0859 e. The van der Waals surface area contributed by atoms with Gasteiger partial charge in [0, 0.05) is 27.8 Å². The molecule has 2 aromatic heterocycles. The van der Waals surface area contributed by atoms with Crippen molar-refractivity contribution in [3.63, 3.8) is 0 Å². The molecule has 0 amide bonds. The second-order valence-electron chi connectivity index (χ2n) is 3.75. The van der Waals surface area contributed by atoms with E-state index in [1.807, 2.05) is 36.5 Å². The van der Waals surface area contributed by atoms with E-state index >= 15 is 0 Å². The topological polar surface area (TPSA) is 25.8 Å². The second-order valence-corrected chi connectivity index (χ2v) is 4.60. The minimum atomic E-state index is 0.922. The van der Waals surface area contributed by atoms with Crippen LogP contribution in [0.3, 0.4) is 0 Å². The Labute approximate surface area is 107 Å². The first kappa shape index (κ1) is 10.4. The Bertz CT molecular complexity index is 680. The van der Waals surface area contributed by atoms with Gasteiger partial charge in [-0.05, 0) is 40.2 Å². The highest BCUT2D eigenvalue weighted by molar-refractivity contribution is 9.10. The first-order chi connectivity index (χ1) is 8.34. The predicted molar refractivity (Wildman–Crippen MR) is 72.7 cm³/mol. The Morgan fingerprint density at radius 1 is 0.941 bits per heavy atom. The zero-order valence-corrected chi connectivity index (χ0v) is 10.6. The average Bonchev–Trinajstić information content (AvgIpc) is 2.39. The van der Waals surface area contributed by atoms with E-state index in [9.17, 15) is 0 Å². The Kier molecular flexibility index (Phi) is 2.61. The lowest BCUT2D eigenvalue weighted by atomic mass is 10.1. The zero-order valence-electron chi connectivity index (χ0n) is 8.97. The van der Waals surface area contributed by atoms with Gasteiger partial charge in [-0.3, -0.25) is 9.97 Å². The maximum absolute atomic E-state index is 4.44. The van der Waals surface area contributed by atoms with Gasteiger partial charge < -0.3 is 0 Å². The summed E-state index contributed by atoms with van der Waals surface area (Å²) >= 11 is 3.51. The minimum Gasteiger partial charge on any atom is -0.256 e. The first-order valence-corrected chi connectivity index (χ1v) is 6.09. The highest BCUT2D eigenvalue weighted by Gasteiger charge is 2.05. The third-order valence-electron chi connectivity index (χ3n) is 2.62. The third kappa shape index (κ3) is 1.94. The van der Waals surface area contributed by atoms with E-state index in [2.05, 4.69) is 38.0 Å². The number of benzene rings is 1. The number of aromatic nitrogens is 2. The number of pyridine rings is 2. The van der Waals surface area contributed by atoms with Gasteiger partial charge in [-0.2, -0.15) is 0 Å². The van der Waals surface area contributed by atoms with Gasteiger partial charge in [-0.25, -0.2) is 0 Å². The summed E-state index contributed by atoms with van der Waals surface area (Å²) in [5.74, 6) is 0. The molecule has 0 saturated carbocycles. The van der Waals surface area contributed by atoms with Crippen LogP contribution in [0.2, 0.25) is 0 Å². The fraction of sp³-hybridized carbons (Fsp3) is 0. The highest BCUT2D eigenvalue weighted by atomic mass is 79.9. The lowest BCUT2D eigenvalue weighted by Gasteiger charge is -2.04. The Hall–Kier alpha value is -1.74. The fourth-order valence-electron chi connectivity index (χ4n) is 1.80. The molecule has 82 valence electrons. The van der Waals surface area contributed by atoms with Crippen molar-refractivity contribution in [3.8, 4) is 11.3 Å². The molecule has 0 aliphatic rings. The molecule has 0 spiro atoms. The number of hydrogen-bond acceptors (Lipinski definition) is 2. The molecule has 3 rings (SSSR count). The lowest BCUT2D eigenvalue weighted by Crippen LogP contribution is -1.86. The second kappa shape index (κ2) is 4.26. The molecule has 0 N–H and O–H groups in total. The van der Waals surface area contributed by atoms with Crippen molar-refractivity contribution in [2.45, 2.75) is 0 Å². The monoisotopic (exact) mass is 284 g/mol. The van der Waals surface area contributed by atoms with Crippen molar-refractivity contribution in [3.05, 3.63) is 59.3 Å². The molecule has 2 nitrogen and oxygen atoms in total. The number of rotatable bonds is 1. The molecule has 1 aromatic carbocycles. The molecule has 17 heavy (non-hydrogen) atoms. The summed E-state index contributed by atoms with van der Waals surface area (Å²) in [5, 5.41) is 1.13. The Morgan fingerprint density at radius 2 is 1.82 bits per heavy atom. The molecule has 0 radical (unpaired) electrons. The van der Waals surface area contributed by atoms with Gasteiger partial charge >= 0.3 is 0 Å². The first-order valence-electron chi connectivity index (χ1n) is 5.30. The molecule has 0 aliphatic heterocycles. The van der Waals surface area contributed by atoms with Crippen LogP contribution in [0.25, 0.3) is 22.2 Å². The summed E-state index contributed by atoms with van der Waals surface area (Å²) in [6, 6.07) is 14.1. The van der Waals surface area contributed by atoms with Gasteiger partial charge in [0.1, 0.15) is 0 Å². The van der Waals surface area contributed by atoms with Gasteiger partial charge in [-0.1, -0.05) is 18.2 Å². The quantitative estimate of drug-likeness (QED) is 0.673. The summed E-state index contributed by atoms with van der Waals surface area (Å²) < 4.78 is 0.983. The van der Waals surface area contributed by atoms with Crippen LogP contribution in [-0.4, -0.2) is 9.97 Å². The van der Waals surface area contributed by atoms with Crippen LogP contribution in [0.5, 0.6) is 0 Å². The number of halogens is 1. The van der Waals surface area contributed by atoms with Gasteiger partial charge in [-0.15, -0.1) is 0 Å². The van der Waals surface area contributed by atoms with Crippen LogP contribution in [0.4, 0.5) is 0 Å². The minimum absolute atomic E-state index is 0.922. The largest absolute Gasteiger partial charge is 0.256 e. The van der Waals surface area contributed by atoms with Gasteiger partial charge in [0.2, 0.25) is 0 Å². The zero-order chi connectivity index (χ0) is 11.7. The van der Waals surface area contributed by atoms with E-state index < -0.39 is 0 Å². The van der Waals surface area contributed by atoms with E-state index in [1.165, 1.54) is 0 Å². The standard InChI is InChI=1S/C14H9BrN2/c15-12-5-3-7-16-14(12)11-8-10-4-1-2-6-13(10)17-9-11/h1-9H. The van der Waals surface area contributed by atoms with E-state index in [1.54, 1.807) is 6.20 Å². The highest BCUT2D eigenvalue weighted by Crippen LogP contribution is 2.26. The fourth-order valence-corrected chi connectivity index (χ4v) is 2.28. The van der Waals surface area contributed by atoms with Crippen LogP contribution in [0, 0.1) is 0 Å². The van der Waals surface area contributed by atoms with E-state index in [0.717, 1.165) is 26.6 Å². The van der Waals surface area contributed by atoms with Crippen molar-refractivity contribution in [1.82, 2.24) is 9.97 Å². The Morgan fingerprint density at radius 3 is 2.71 bits per heavy atom. The molecular formula is C14H9BrN2. The molecular weight excluding hydrogens is 276 g/mol. The van der Waals surface area contributed by atoms with Crippen molar-refractivity contribution >= 4 is 26.8 Å². The van der Waals surface area contributed by atoms with Crippen molar-refractivity contribution < 1.29 is 0 Å². The van der Waals surface area contributed by atoms with E-state index in [0.29, 0.717) is 0 Å². The molecule has 0 aliphatic carbocycles. The molecule has 0 atom stereocenters. The molecule has 0 fully saturated rings. The molecule has 0 saturated heterocycles. The smallest absolute Gasteiger partial charge is 0.0859 e. The number of fused-ring (bicyclic) bond motifs is 1. The molecule has 2 heterocycles. The van der Waals surface area contributed by atoms with Crippen LogP contribution < -0.4 is 0 Å². The molecule has 3 heteroatoms. The Balaban J connectivity index is 2.22. The lowest BCUT2D eigenvalue weighted by molar-refractivity contribution is 1.29. The summed E-state index contributed by atoms with van der Waals surface area (Å²) in [5.41, 5.74) is 2.95. The SMILES string of the molecule is Brc1cccnc1-c1cnc2ccccc2c1. The normalized spacial score (nSPS) is 10.6. The molecule has 0 unspecified atom stereocenters. The van der Waals surface area contributed by atoms with Crippen molar-refractivity contribution in [2.75, 3.05) is 0 Å². The predicted octanol–water partition coefficient (Wildman–Crippen LogP) is 4.06. The van der Waals surface area contributed by atoms with E-state index in [-0.39, 0.29) is 0 Å². The van der Waals surface area contributed by atoms with Gasteiger partial charge in [0.05, 0.1) is 11.2 Å². The van der Waals surface area contributed by atoms with E-state index in [4.69, 9.17) is 0 Å². The van der Waals surface area contributed by atoms with Gasteiger partial charge in [0.15, 0.2) is 0 Å². The maximum atomic E-state index is 4.44. The van der Waals surface area contributed by atoms with Crippen LogP contribution in [0.1, 0.15) is 0 Å². The molecule has 0 bridgehead atoms.